The molecule has 0 bridgehead atoms. The summed E-state index contributed by atoms with van der Waals surface area (Å²) in [5, 5.41) is 5.29. The van der Waals surface area contributed by atoms with Crippen LogP contribution < -0.4 is 16.4 Å². The van der Waals surface area contributed by atoms with Crippen LogP contribution in [0, 0.1) is 5.41 Å². The molecule has 0 aliphatic heterocycles. The second-order valence-electron chi connectivity index (χ2n) is 11.9. The lowest BCUT2D eigenvalue weighted by Gasteiger charge is -2.26. The minimum atomic E-state index is -0.893. The van der Waals surface area contributed by atoms with Gasteiger partial charge in [0.25, 0.3) is 0 Å². The summed E-state index contributed by atoms with van der Waals surface area (Å²) < 4.78 is 10.8. The quantitative estimate of drug-likeness (QED) is 0.284. The molecule has 0 aromatic heterocycles. The molecule has 0 aromatic rings. The SMILES string of the molecule is CC(C)(C)CC(=O)[C@H](CCC(=O)OC(C)(C)C)NC(=O)N[C@@H](CCCCN)C(=O)OC(C)(C)C. The summed E-state index contributed by atoms with van der Waals surface area (Å²) in [4.78, 5) is 50.5. The van der Waals surface area contributed by atoms with E-state index in [1.165, 1.54) is 0 Å². The van der Waals surface area contributed by atoms with E-state index in [4.69, 9.17) is 15.2 Å². The number of hydrogen-bond acceptors (Lipinski definition) is 7. The van der Waals surface area contributed by atoms with Crippen molar-refractivity contribution in [2.45, 2.75) is 124 Å². The molecule has 2 amide bonds. The van der Waals surface area contributed by atoms with E-state index in [2.05, 4.69) is 10.6 Å². The number of carbonyl (C=O) groups excluding carboxylic acids is 4. The van der Waals surface area contributed by atoms with Crippen molar-refractivity contribution < 1.29 is 28.7 Å². The van der Waals surface area contributed by atoms with Gasteiger partial charge in [0.2, 0.25) is 0 Å². The first kappa shape index (κ1) is 31.8. The van der Waals surface area contributed by atoms with E-state index in [0.29, 0.717) is 25.8 Å². The molecule has 0 unspecified atom stereocenters. The van der Waals surface area contributed by atoms with Crippen molar-refractivity contribution in [3.8, 4) is 0 Å². The van der Waals surface area contributed by atoms with Gasteiger partial charge >= 0.3 is 18.0 Å². The van der Waals surface area contributed by atoms with E-state index < -0.39 is 41.3 Å². The molecular weight excluding hydrogens is 438 g/mol. The van der Waals surface area contributed by atoms with Gasteiger partial charge in [-0.25, -0.2) is 9.59 Å². The summed E-state index contributed by atoms with van der Waals surface area (Å²) in [5.74, 6) is -1.19. The van der Waals surface area contributed by atoms with Crippen LogP contribution in [0.4, 0.5) is 4.79 Å². The molecule has 0 fully saturated rings. The first-order chi connectivity index (χ1) is 15.3. The number of carbonyl (C=O) groups is 4. The monoisotopic (exact) mass is 485 g/mol. The Morgan fingerprint density at radius 2 is 1.29 bits per heavy atom. The number of urea groups is 1. The van der Waals surface area contributed by atoms with Gasteiger partial charge in [0.1, 0.15) is 17.2 Å². The molecule has 0 saturated carbocycles. The van der Waals surface area contributed by atoms with E-state index >= 15 is 0 Å². The number of hydrogen-bond donors (Lipinski definition) is 3. The Hall–Kier alpha value is -2.16. The van der Waals surface area contributed by atoms with Crippen LogP contribution in [0.15, 0.2) is 0 Å². The largest absolute Gasteiger partial charge is 0.460 e. The van der Waals surface area contributed by atoms with Gasteiger partial charge in [0.15, 0.2) is 5.78 Å². The Morgan fingerprint density at radius 1 is 0.765 bits per heavy atom. The van der Waals surface area contributed by atoms with Gasteiger partial charge < -0.3 is 25.8 Å². The highest BCUT2D eigenvalue weighted by Gasteiger charge is 2.30. The van der Waals surface area contributed by atoms with Crippen molar-refractivity contribution >= 4 is 23.8 Å². The van der Waals surface area contributed by atoms with Gasteiger partial charge in [-0.3, -0.25) is 9.59 Å². The molecule has 0 saturated heterocycles. The maximum Gasteiger partial charge on any atom is 0.329 e. The molecule has 9 nitrogen and oxygen atoms in total. The molecule has 0 rings (SSSR count). The molecule has 0 radical (unpaired) electrons. The zero-order chi connectivity index (χ0) is 26.7. The average molecular weight is 486 g/mol. The Balaban J connectivity index is 5.37. The van der Waals surface area contributed by atoms with E-state index in [1.807, 2.05) is 20.8 Å². The fourth-order valence-corrected chi connectivity index (χ4v) is 3.09. The van der Waals surface area contributed by atoms with Gasteiger partial charge in [0, 0.05) is 12.8 Å². The maximum atomic E-state index is 12.9. The van der Waals surface area contributed by atoms with Crippen LogP contribution in [0.5, 0.6) is 0 Å². The minimum absolute atomic E-state index is 0.0237. The molecule has 0 aliphatic carbocycles. The first-order valence-corrected chi connectivity index (χ1v) is 12.1. The van der Waals surface area contributed by atoms with Gasteiger partial charge in [-0.1, -0.05) is 20.8 Å². The van der Waals surface area contributed by atoms with Gasteiger partial charge in [-0.2, -0.15) is 0 Å². The number of Topliss-reactive ketones (excluding diaryl/α,β-unsaturated/α-hetero) is 1. The lowest BCUT2D eigenvalue weighted by Crippen LogP contribution is -2.52. The Labute approximate surface area is 205 Å². The van der Waals surface area contributed by atoms with Crippen molar-refractivity contribution in [2.24, 2.45) is 11.1 Å². The summed E-state index contributed by atoms with van der Waals surface area (Å²) >= 11 is 0. The lowest BCUT2D eigenvalue weighted by atomic mass is 9.87. The topological polar surface area (TPSA) is 137 Å². The van der Waals surface area contributed by atoms with Crippen molar-refractivity contribution in [1.82, 2.24) is 10.6 Å². The van der Waals surface area contributed by atoms with Gasteiger partial charge in [-0.05, 0) is 79.2 Å². The third kappa shape index (κ3) is 16.5. The molecule has 0 aromatic carbocycles. The molecule has 4 N–H and O–H groups in total. The molecule has 198 valence electrons. The number of esters is 2. The molecule has 2 atom stereocenters. The highest BCUT2D eigenvalue weighted by molar-refractivity contribution is 5.90. The number of ether oxygens (including phenoxy) is 2. The zero-order valence-electron chi connectivity index (χ0n) is 22.6. The Morgan fingerprint density at radius 3 is 1.76 bits per heavy atom. The predicted octanol–water partition coefficient (Wildman–Crippen LogP) is 3.62. The molecule has 0 heterocycles. The molecule has 0 aliphatic rings. The van der Waals surface area contributed by atoms with Crippen molar-refractivity contribution in [2.75, 3.05) is 6.54 Å². The number of nitrogens with one attached hydrogen (secondary N) is 2. The highest BCUT2D eigenvalue weighted by Crippen LogP contribution is 2.21. The van der Waals surface area contributed by atoms with Crippen LogP contribution >= 0.6 is 0 Å². The number of amides is 2. The fourth-order valence-electron chi connectivity index (χ4n) is 3.09. The molecule has 34 heavy (non-hydrogen) atoms. The number of unbranched alkanes of at least 4 members (excludes halogenated alkanes) is 1. The van der Waals surface area contributed by atoms with Crippen LogP contribution in [-0.4, -0.2) is 53.6 Å². The van der Waals surface area contributed by atoms with Crippen molar-refractivity contribution in [1.29, 1.82) is 0 Å². The van der Waals surface area contributed by atoms with E-state index in [9.17, 15) is 19.2 Å². The molecular formula is C25H47N3O6. The van der Waals surface area contributed by atoms with Crippen LogP contribution in [0.3, 0.4) is 0 Å². The predicted molar refractivity (Wildman–Crippen MR) is 132 cm³/mol. The lowest BCUT2D eigenvalue weighted by molar-refractivity contribution is -0.157. The summed E-state index contributed by atoms with van der Waals surface area (Å²) in [6.45, 7) is 16.8. The van der Waals surface area contributed by atoms with E-state index in [1.54, 1.807) is 41.5 Å². The van der Waals surface area contributed by atoms with Crippen molar-refractivity contribution in [3.63, 3.8) is 0 Å². The Bertz CT molecular complexity index is 686. The second-order valence-corrected chi connectivity index (χ2v) is 11.9. The third-order valence-electron chi connectivity index (χ3n) is 4.40. The van der Waals surface area contributed by atoms with Crippen LogP contribution in [-0.2, 0) is 23.9 Å². The van der Waals surface area contributed by atoms with Crippen LogP contribution in [0.2, 0.25) is 0 Å². The summed E-state index contributed by atoms with van der Waals surface area (Å²) in [6.07, 6.45) is 1.98. The fraction of sp³-hybridized carbons (Fsp3) is 0.840. The van der Waals surface area contributed by atoms with Crippen LogP contribution in [0.25, 0.3) is 0 Å². The Kier molecular flexibility index (Phi) is 12.8. The summed E-state index contributed by atoms with van der Waals surface area (Å²) in [7, 11) is 0. The van der Waals surface area contributed by atoms with Gasteiger partial charge in [0.05, 0.1) is 6.04 Å². The molecule has 0 spiro atoms. The van der Waals surface area contributed by atoms with E-state index in [0.717, 1.165) is 0 Å². The highest BCUT2D eigenvalue weighted by atomic mass is 16.6. The number of rotatable bonds is 12. The second kappa shape index (κ2) is 13.7. The minimum Gasteiger partial charge on any atom is -0.460 e. The standard InChI is InChI=1S/C25H47N3O6/c1-23(2,3)16-19(29)17(13-14-20(30)33-24(4,5)6)27-22(32)28-18(12-10-11-15-26)21(31)34-25(7,8)9/h17-18H,10-16,26H2,1-9H3,(H2,27,28,32)/t17-,18-/m0/s1. The summed E-state index contributed by atoms with van der Waals surface area (Å²) in [6, 6.07) is -2.44. The first-order valence-electron chi connectivity index (χ1n) is 12.1. The maximum absolute atomic E-state index is 12.9. The zero-order valence-corrected chi connectivity index (χ0v) is 22.6. The normalized spacial score (nSPS) is 14.1. The number of nitrogens with two attached hydrogens (primary N) is 1. The van der Waals surface area contributed by atoms with Gasteiger partial charge in [-0.15, -0.1) is 0 Å². The third-order valence-corrected chi connectivity index (χ3v) is 4.40. The van der Waals surface area contributed by atoms with Crippen LogP contribution in [0.1, 0.15) is 101 Å². The van der Waals surface area contributed by atoms with E-state index in [-0.39, 0.29) is 30.5 Å². The number of ketones is 1. The average Bonchev–Trinajstić information content (AvgIpc) is 2.60. The molecule has 9 heteroatoms. The summed E-state index contributed by atoms with van der Waals surface area (Å²) in [5.41, 5.74) is 3.91. The van der Waals surface area contributed by atoms with Crippen molar-refractivity contribution in [3.05, 3.63) is 0 Å². The smallest absolute Gasteiger partial charge is 0.329 e.